The Labute approximate surface area is 217 Å². The van der Waals surface area contributed by atoms with Gasteiger partial charge in [-0.15, -0.1) is 0 Å². The predicted molar refractivity (Wildman–Crippen MR) is 140 cm³/mol. The zero-order valence-corrected chi connectivity index (χ0v) is 20.9. The van der Waals surface area contributed by atoms with E-state index in [1.165, 1.54) is 19.3 Å². The van der Waals surface area contributed by atoms with E-state index in [1.54, 1.807) is 42.9 Å². The molecule has 3 aromatic rings. The normalized spacial score (nSPS) is 25.5. The van der Waals surface area contributed by atoms with E-state index in [-0.39, 0.29) is 17.2 Å². The lowest BCUT2D eigenvalue weighted by molar-refractivity contribution is -0.146. The number of benzene rings is 1. The number of aromatic nitrogens is 2. The summed E-state index contributed by atoms with van der Waals surface area (Å²) in [5.41, 5.74) is 2.33. The van der Waals surface area contributed by atoms with E-state index in [0.717, 1.165) is 48.1 Å². The number of hydrogen-bond donors (Lipinski definition) is 2. The van der Waals surface area contributed by atoms with Gasteiger partial charge in [0, 0.05) is 36.1 Å². The standard InChI is InChI=1S/C30H32N4O3/c35-28(34-27-26(2-1-9-32-27)37-19-21-7-10-31-11-8-21)25-5-3-20(4-6-25)18-33-29(36)30-15-22-12-23(16-30)14-24(13-22)17-30/h1-11,22-24H,12-19H2,(H,33,36)(H,32,34,35). The van der Waals surface area contributed by atoms with Crippen molar-refractivity contribution < 1.29 is 14.3 Å². The summed E-state index contributed by atoms with van der Waals surface area (Å²) in [4.78, 5) is 34.4. The number of rotatable bonds is 8. The highest BCUT2D eigenvalue weighted by molar-refractivity contribution is 6.04. The number of nitrogens with one attached hydrogen (secondary N) is 2. The van der Waals surface area contributed by atoms with Crippen molar-refractivity contribution in [1.82, 2.24) is 15.3 Å². The molecule has 2 amide bonds. The highest BCUT2D eigenvalue weighted by atomic mass is 16.5. The second kappa shape index (κ2) is 9.96. The van der Waals surface area contributed by atoms with Gasteiger partial charge in [-0.05, 0) is 104 Å². The summed E-state index contributed by atoms with van der Waals surface area (Å²) in [7, 11) is 0. The molecule has 190 valence electrons. The van der Waals surface area contributed by atoms with Crippen LogP contribution in [0, 0.1) is 23.2 Å². The number of amides is 2. The fourth-order valence-electron chi connectivity index (χ4n) is 6.95. The Hall–Kier alpha value is -3.74. The molecule has 2 heterocycles. The van der Waals surface area contributed by atoms with E-state index < -0.39 is 0 Å². The first kappa shape index (κ1) is 23.6. The van der Waals surface area contributed by atoms with Crippen LogP contribution in [0.25, 0.3) is 0 Å². The van der Waals surface area contributed by atoms with Gasteiger partial charge in [0.25, 0.3) is 5.91 Å². The average molecular weight is 497 g/mol. The number of carbonyl (C=O) groups is 2. The second-order valence-corrected chi connectivity index (χ2v) is 11.0. The van der Waals surface area contributed by atoms with Crippen LogP contribution in [0.15, 0.2) is 67.1 Å². The van der Waals surface area contributed by atoms with Crippen LogP contribution in [0.2, 0.25) is 0 Å². The van der Waals surface area contributed by atoms with Crippen LogP contribution in [0.4, 0.5) is 5.82 Å². The third-order valence-corrected chi connectivity index (χ3v) is 8.34. The Morgan fingerprint density at radius 2 is 1.54 bits per heavy atom. The summed E-state index contributed by atoms with van der Waals surface area (Å²) in [6, 6.07) is 14.7. The number of anilines is 1. The van der Waals surface area contributed by atoms with Crippen molar-refractivity contribution in [3.63, 3.8) is 0 Å². The first-order valence-corrected chi connectivity index (χ1v) is 13.2. The Morgan fingerprint density at radius 3 is 2.22 bits per heavy atom. The smallest absolute Gasteiger partial charge is 0.256 e. The van der Waals surface area contributed by atoms with Gasteiger partial charge in [0.2, 0.25) is 5.91 Å². The van der Waals surface area contributed by atoms with Gasteiger partial charge in [-0.1, -0.05) is 12.1 Å². The van der Waals surface area contributed by atoms with Crippen LogP contribution in [0.5, 0.6) is 5.75 Å². The molecule has 4 aliphatic rings. The number of pyridine rings is 2. The Morgan fingerprint density at radius 1 is 0.865 bits per heavy atom. The fraction of sp³-hybridized carbons (Fsp3) is 0.400. The van der Waals surface area contributed by atoms with Crippen LogP contribution < -0.4 is 15.4 Å². The van der Waals surface area contributed by atoms with Crippen molar-refractivity contribution >= 4 is 17.6 Å². The van der Waals surface area contributed by atoms with Crippen molar-refractivity contribution in [1.29, 1.82) is 0 Å². The minimum atomic E-state index is -0.267. The summed E-state index contributed by atoms with van der Waals surface area (Å²) in [6.45, 7) is 0.830. The first-order valence-electron chi connectivity index (χ1n) is 13.2. The lowest BCUT2D eigenvalue weighted by Crippen LogP contribution is -2.53. The second-order valence-electron chi connectivity index (χ2n) is 11.0. The molecular weight excluding hydrogens is 464 g/mol. The molecule has 7 rings (SSSR count). The lowest BCUT2D eigenvalue weighted by atomic mass is 9.49. The highest BCUT2D eigenvalue weighted by Crippen LogP contribution is 2.60. The van der Waals surface area contributed by atoms with Crippen molar-refractivity contribution in [2.75, 3.05) is 5.32 Å². The third kappa shape index (κ3) is 5.08. The van der Waals surface area contributed by atoms with Crippen molar-refractivity contribution in [3.05, 3.63) is 83.8 Å². The molecule has 37 heavy (non-hydrogen) atoms. The number of hydrogen-bond acceptors (Lipinski definition) is 5. The molecule has 4 fully saturated rings. The van der Waals surface area contributed by atoms with Crippen LogP contribution in [0.1, 0.15) is 60.0 Å². The van der Waals surface area contributed by atoms with E-state index in [9.17, 15) is 9.59 Å². The lowest BCUT2D eigenvalue weighted by Gasteiger charge is -2.55. The Kier molecular flexibility index (Phi) is 6.37. The summed E-state index contributed by atoms with van der Waals surface area (Å²) < 4.78 is 5.88. The van der Waals surface area contributed by atoms with Gasteiger partial charge < -0.3 is 15.4 Å². The minimum Gasteiger partial charge on any atom is -0.485 e. The summed E-state index contributed by atoms with van der Waals surface area (Å²) in [5, 5.41) is 6.06. The zero-order valence-electron chi connectivity index (χ0n) is 20.9. The summed E-state index contributed by atoms with van der Waals surface area (Å²) in [6.07, 6.45) is 12.2. The first-order chi connectivity index (χ1) is 18.1. The molecular formula is C30H32N4O3. The predicted octanol–water partition coefficient (Wildman–Crippen LogP) is 5.14. The summed E-state index contributed by atoms with van der Waals surface area (Å²) in [5.74, 6) is 3.06. The van der Waals surface area contributed by atoms with Gasteiger partial charge in [-0.25, -0.2) is 4.98 Å². The van der Waals surface area contributed by atoms with Gasteiger partial charge >= 0.3 is 0 Å². The number of ether oxygens (including phenoxy) is 1. The maximum Gasteiger partial charge on any atom is 0.256 e. The molecule has 0 radical (unpaired) electrons. The molecule has 7 nitrogen and oxygen atoms in total. The van der Waals surface area contributed by atoms with E-state index >= 15 is 0 Å². The molecule has 4 saturated carbocycles. The monoisotopic (exact) mass is 496 g/mol. The molecule has 7 heteroatoms. The van der Waals surface area contributed by atoms with Gasteiger partial charge in [-0.2, -0.15) is 0 Å². The van der Waals surface area contributed by atoms with E-state index in [0.29, 0.717) is 30.3 Å². The van der Waals surface area contributed by atoms with E-state index in [2.05, 4.69) is 20.6 Å². The van der Waals surface area contributed by atoms with Crippen molar-refractivity contribution in [2.24, 2.45) is 23.2 Å². The van der Waals surface area contributed by atoms with Crippen LogP contribution in [-0.4, -0.2) is 21.8 Å². The molecule has 0 saturated heterocycles. The molecule has 4 aliphatic carbocycles. The third-order valence-electron chi connectivity index (χ3n) is 8.34. The van der Waals surface area contributed by atoms with Crippen LogP contribution >= 0.6 is 0 Å². The molecule has 0 atom stereocenters. The largest absolute Gasteiger partial charge is 0.485 e. The molecule has 2 aromatic heterocycles. The maximum atomic E-state index is 13.2. The molecule has 0 spiro atoms. The Bertz CT molecular complexity index is 1240. The average Bonchev–Trinajstić information content (AvgIpc) is 2.91. The highest BCUT2D eigenvalue weighted by Gasteiger charge is 2.54. The topological polar surface area (TPSA) is 93.2 Å². The SMILES string of the molecule is O=C(Nc1ncccc1OCc1ccncc1)c1ccc(CNC(=O)C23CC4CC(CC(C4)C2)C3)cc1. The van der Waals surface area contributed by atoms with Crippen molar-refractivity contribution in [3.8, 4) is 5.75 Å². The molecule has 0 unspecified atom stereocenters. The maximum absolute atomic E-state index is 13.2. The van der Waals surface area contributed by atoms with E-state index in [1.807, 2.05) is 24.3 Å². The van der Waals surface area contributed by atoms with E-state index in [4.69, 9.17) is 4.74 Å². The fourth-order valence-corrected chi connectivity index (χ4v) is 6.95. The molecule has 1 aromatic carbocycles. The van der Waals surface area contributed by atoms with Gasteiger partial charge in [-0.3, -0.25) is 14.6 Å². The van der Waals surface area contributed by atoms with Gasteiger partial charge in [0.1, 0.15) is 6.61 Å². The number of nitrogens with zero attached hydrogens (tertiary/aromatic N) is 2. The Balaban J connectivity index is 1.05. The van der Waals surface area contributed by atoms with Gasteiger partial charge in [0.15, 0.2) is 11.6 Å². The van der Waals surface area contributed by atoms with Gasteiger partial charge in [0.05, 0.1) is 0 Å². The van der Waals surface area contributed by atoms with Crippen LogP contribution in [0.3, 0.4) is 0 Å². The molecule has 4 bridgehead atoms. The quantitative estimate of drug-likeness (QED) is 0.450. The van der Waals surface area contributed by atoms with Crippen molar-refractivity contribution in [2.45, 2.75) is 51.7 Å². The minimum absolute atomic E-state index is 0.144. The molecule has 0 aliphatic heterocycles. The zero-order chi connectivity index (χ0) is 25.2. The number of carbonyl (C=O) groups excluding carboxylic acids is 2. The summed E-state index contributed by atoms with van der Waals surface area (Å²) >= 11 is 0. The van der Waals surface area contributed by atoms with Crippen LogP contribution in [-0.2, 0) is 17.9 Å². The molecule has 2 N–H and O–H groups in total.